The maximum atomic E-state index is 12.8. The molecule has 1 aliphatic heterocycles. The molecule has 3 heterocycles. The van der Waals surface area contributed by atoms with Crippen molar-refractivity contribution in [1.82, 2.24) is 9.88 Å². The monoisotopic (exact) mass is 276 g/mol. The molecule has 0 spiro atoms. The molecule has 1 unspecified atom stereocenters. The van der Waals surface area contributed by atoms with Gasteiger partial charge in [0.15, 0.2) is 0 Å². The molecule has 0 N–H and O–H groups in total. The number of aromatic nitrogens is 1. The average Bonchev–Trinajstić information content (AvgIpc) is 3.09. The Morgan fingerprint density at radius 2 is 2.32 bits per heavy atom. The van der Waals surface area contributed by atoms with Crippen molar-refractivity contribution in [2.75, 3.05) is 6.54 Å². The first-order valence-electron chi connectivity index (χ1n) is 6.20. The van der Waals surface area contributed by atoms with Crippen LogP contribution in [0.3, 0.4) is 0 Å². The predicted octanol–water partition coefficient (Wildman–Crippen LogP) is 3.26. The zero-order chi connectivity index (χ0) is 13.2. The Bertz CT molecular complexity index is 568. The number of thiophene rings is 1. The highest BCUT2D eigenvalue weighted by Crippen LogP contribution is 2.33. The highest BCUT2D eigenvalue weighted by atomic mass is 32.1. The first-order valence-corrected chi connectivity index (χ1v) is 7.14. The van der Waals surface area contributed by atoms with Crippen molar-refractivity contribution in [3.63, 3.8) is 0 Å². The number of pyridine rings is 1. The van der Waals surface area contributed by atoms with Gasteiger partial charge in [0.1, 0.15) is 0 Å². The third kappa shape index (κ3) is 2.38. The Morgan fingerprint density at radius 3 is 3.00 bits per heavy atom. The lowest BCUT2D eigenvalue weighted by molar-refractivity contribution is 0.0735. The molecule has 2 aromatic heterocycles. The Hall–Kier alpha value is -1.75. The van der Waals surface area contributed by atoms with E-state index in [9.17, 15) is 9.18 Å². The van der Waals surface area contributed by atoms with Gasteiger partial charge in [-0.2, -0.15) is 15.7 Å². The summed E-state index contributed by atoms with van der Waals surface area (Å²) in [5, 5.41) is 4.11. The van der Waals surface area contributed by atoms with Crippen molar-refractivity contribution in [2.45, 2.75) is 18.9 Å². The smallest absolute Gasteiger partial charge is 0.255 e. The molecule has 1 saturated heterocycles. The van der Waals surface area contributed by atoms with E-state index in [4.69, 9.17) is 0 Å². The summed E-state index contributed by atoms with van der Waals surface area (Å²) >= 11 is 1.64. The minimum atomic E-state index is -0.563. The van der Waals surface area contributed by atoms with Gasteiger partial charge in [0.05, 0.1) is 11.6 Å². The van der Waals surface area contributed by atoms with Crippen LogP contribution in [0.25, 0.3) is 0 Å². The van der Waals surface area contributed by atoms with Gasteiger partial charge in [0.25, 0.3) is 5.91 Å². The highest BCUT2D eigenvalue weighted by molar-refractivity contribution is 7.07. The Kier molecular flexibility index (Phi) is 3.29. The third-order valence-corrected chi connectivity index (χ3v) is 4.12. The van der Waals surface area contributed by atoms with E-state index in [0.717, 1.165) is 19.4 Å². The topological polar surface area (TPSA) is 33.2 Å². The molecule has 1 aliphatic rings. The van der Waals surface area contributed by atoms with Crippen molar-refractivity contribution >= 4 is 17.2 Å². The fourth-order valence-corrected chi connectivity index (χ4v) is 3.20. The average molecular weight is 276 g/mol. The van der Waals surface area contributed by atoms with Gasteiger partial charge in [0, 0.05) is 12.7 Å². The van der Waals surface area contributed by atoms with Crippen LogP contribution in [0, 0.1) is 5.95 Å². The van der Waals surface area contributed by atoms with Crippen molar-refractivity contribution in [3.05, 3.63) is 52.2 Å². The van der Waals surface area contributed by atoms with Crippen molar-refractivity contribution in [3.8, 4) is 0 Å². The van der Waals surface area contributed by atoms with Crippen molar-refractivity contribution < 1.29 is 9.18 Å². The van der Waals surface area contributed by atoms with E-state index in [1.165, 1.54) is 23.9 Å². The number of rotatable bonds is 2. The molecule has 0 aromatic carbocycles. The molecule has 3 nitrogen and oxygen atoms in total. The van der Waals surface area contributed by atoms with Crippen LogP contribution in [0.2, 0.25) is 0 Å². The molecule has 0 aliphatic carbocycles. The maximum Gasteiger partial charge on any atom is 0.255 e. The number of amides is 1. The predicted molar refractivity (Wildman–Crippen MR) is 71.5 cm³/mol. The molecule has 19 heavy (non-hydrogen) atoms. The summed E-state index contributed by atoms with van der Waals surface area (Å²) < 4.78 is 12.8. The molecule has 3 rings (SSSR count). The van der Waals surface area contributed by atoms with Crippen LogP contribution >= 0.6 is 11.3 Å². The maximum absolute atomic E-state index is 12.8. The second-order valence-electron chi connectivity index (χ2n) is 4.58. The van der Waals surface area contributed by atoms with Gasteiger partial charge in [-0.1, -0.05) is 0 Å². The van der Waals surface area contributed by atoms with E-state index in [2.05, 4.69) is 16.4 Å². The highest BCUT2D eigenvalue weighted by Gasteiger charge is 2.30. The van der Waals surface area contributed by atoms with Crippen LogP contribution in [0.5, 0.6) is 0 Å². The van der Waals surface area contributed by atoms with E-state index in [-0.39, 0.29) is 11.9 Å². The second-order valence-corrected chi connectivity index (χ2v) is 5.36. The van der Waals surface area contributed by atoms with E-state index in [1.54, 1.807) is 11.3 Å². The van der Waals surface area contributed by atoms with Crippen LogP contribution in [-0.4, -0.2) is 22.3 Å². The molecule has 0 bridgehead atoms. The molecule has 5 heteroatoms. The largest absolute Gasteiger partial charge is 0.332 e. The molecular weight excluding hydrogens is 263 g/mol. The summed E-state index contributed by atoms with van der Waals surface area (Å²) in [5.41, 5.74) is 1.63. The van der Waals surface area contributed by atoms with Gasteiger partial charge in [-0.05, 0) is 47.4 Å². The van der Waals surface area contributed by atoms with Crippen molar-refractivity contribution in [1.29, 1.82) is 0 Å². The number of carbonyl (C=O) groups is 1. The first kappa shape index (κ1) is 12.3. The number of hydrogen-bond acceptors (Lipinski definition) is 3. The summed E-state index contributed by atoms with van der Waals surface area (Å²) in [6.07, 6.45) is 3.29. The summed E-state index contributed by atoms with van der Waals surface area (Å²) in [7, 11) is 0. The number of hydrogen-bond donors (Lipinski definition) is 0. The molecule has 1 atom stereocenters. The number of likely N-dealkylation sites (tertiary alicyclic amines) is 1. The number of carbonyl (C=O) groups excluding carboxylic acids is 1. The second kappa shape index (κ2) is 5.09. The molecule has 0 saturated carbocycles. The minimum Gasteiger partial charge on any atom is -0.332 e. The van der Waals surface area contributed by atoms with Crippen LogP contribution < -0.4 is 0 Å². The molecule has 1 fully saturated rings. The molecule has 98 valence electrons. The fraction of sp³-hybridized carbons (Fsp3) is 0.286. The standard InChI is InChI=1S/C14H13FN2OS/c15-13-4-3-10(8-16-13)14(18)17-6-1-2-12(17)11-5-7-19-9-11/h3-5,7-9,12H,1-2,6H2. The van der Waals surface area contributed by atoms with Crippen molar-refractivity contribution in [2.24, 2.45) is 0 Å². The quantitative estimate of drug-likeness (QED) is 0.789. The Labute approximate surface area is 114 Å². The summed E-state index contributed by atoms with van der Waals surface area (Å²) in [6.45, 7) is 0.747. The molecular formula is C14H13FN2OS. The summed E-state index contributed by atoms with van der Waals surface area (Å²) in [4.78, 5) is 17.8. The Morgan fingerprint density at radius 1 is 1.42 bits per heavy atom. The van der Waals surface area contributed by atoms with E-state index in [1.807, 2.05) is 10.3 Å². The van der Waals surface area contributed by atoms with Crippen LogP contribution in [0.4, 0.5) is 4.39 Å². The SMILES string of the molecule is O=C(c1ccc(F)nc1)N1CCCC1c1ccsc1. The first-order chi connectivity index (χ1) is 9.25. The number of halogens is 1. The van der Waals surface area contributed by atoms with Gasteiger partial charge < -0.3 is 4.90 Å². The van der Waals surface area contributed by atoms with Crippen LogP contribution in [-0.2, 0) is 0 Å². The fourth-order valence-electron chi connectivity index (χ4n) is 2.49. The Balaban J connectivity index is 1.84. The third-order valence-electron chi connectivity index (χ3n) is 3.42. The zero-order valence-corrected chi connectivity index (χ0v) is 11.1. The zero-order valence-electron chi connectivity index (χ0n) is 10.3. The van der Waals surface area contributed by atoms with Crippen LogP contribution in [0.15, 0.2) is 35.2 Å². The van der Waals surface area contributed by atoms with E-state index in [0.29, 0.717) is 5.56 Å². The van der Waals surface area contributed by atoms with E-state index >= 15 is 0 Å². The van der Waals surface area contributed by atoms with Gasteiger partial charge in [-0.15, -0.1) is 0 Å². The molecule has 0 radical (unpaired) electrons. The van der Waals surface area contributed by atoms with Crippen LogP contribution in [0.1, 0.15) is 34.8 Å². The van der Waals surface area contributed by atoms with Gasteiger partial charge >= 0.3 is 0 Å². The van der Waals surface area contributed by atoms with Gasteiger partial charge in [-0.25, -0.2) is 4.98 Å². The lowest BCUT2D eigenvalue weighted by atomic mass is 10.1. The lowest BCUT2D eigenvalue weighted by Gasteiger charge is -2.24. The normalized spacial score (nSPS) is 18.8. The molecule has 2 aromatic rings. The lowest BCUT2D eigenvalue weighted by Crippen LogP contribution is -2.30. The van der Waals surface area contributed by atoms with E-state index < -0.39 is 5.95 Å². The summed E-state index contributed by atoms with van der Waals surface area (Å²) in [5.74, 6) is -0.631. The number of nitrogens with zero attached hydrogens (tertiary/aromatic N) is 2. The van der Waals surface area contributed by atoms with Gasteiger partial charge in [-0.3, -0.25) is 4.79 Å². The minimum absolute atomic E-state index is 0.0683. The summed E-state index contributed by atoms with van der Waals surface area (Å²) in [6, 6.07) is 4.92. The van der Waals surface area contributed by atoms with Gasteiger partial charge in [0.2, 0.25) is 5.95 Å². The molecule has 1 amide bonds.